The first-order valence-electron chi connectivity index (χ1n) is 6.10. The van der Waals surface area contributed by atoms with Crippen molar-refractivity contribution in [1.29, 1.82) is 0 Å². The summed E-state index contributed by atoms with van der Waals surface area (Å²) >= 11 is 0. The number of ether oxygens (including phenoxy) is 1. The van der Waals surface area contributed by atoms with Gasteiger partial charge in [0.15, 0.2) is 0 Å². The maximum atomic E-state index is 12.1. The summed E-state index contributed by atoms with van der Waals surface area (Å²) in [5, 5.41) is 2.69. The summed E-state index contributed by atoms with van der Waals surface area (Å²) in [6.45, 7) is 3.82. The van der Waals surface area contributed by atoms with Crippen LogP contribution in [0.4, 0.5) is 0 Å². The SMILES string of the molecule is CCc1ccccc1C(=O)NC(CC)C(=O)OC. The Kier molecular flexibility index (Phi) is 5.36. The second-order valence-corrected chi connectivity index (χ2v) is 3.97. The van der Waals surface area contributed by atoms with Crippen molar-refractivity contribution in [3.8, 4) is 0 Å². The monoisotopic (exact) mass is 249 g/mol. The van der Waals surface area contributed by atoms with Gasteiger partial charge in [-0.1, -0.05) is 32.0 Å². The van der Waals surface area contributed by atoms with Gasteiger partial charge in [-0.2, -0.15) is 0 Å². The van der Waals surface area contributed by atoms with Crippen LogP contribution < -0.4 is 5.32 Å². The van der Waals surface area contributed by atoms with Gasteiger partial charge in [-0.15, -0.1) is 0 Å². The summed E-state index contributed by atoms with van der Waals surface area (Å²) < 4.78 is 4.64. The van der Waals surface area contributed by atoms with E-state index in [0.717, 1.165) is 12.0 Å². The van der Waals surface area contributed by atoms with Crippen LogP contribution in [0.25, 0.3) is 0 Å². The lowest BCUT2D eigenvalue weighted by molar-refractivity contribution is -0.142. The largest absolute Gasteiger partial charge is 0.467 e. The summed E-state index contributed by atoms with van der Waals surface area (Å²) in [6, 6.07) is 6.79. The maximum Gasteiger partial charge on any atom is 0.328 e. The molecule has 0 aliphatic carbocycles. The number of amides is 1. The fourth-order valence-corrected chi connectivity index (χ4v) is 1.76. The predicted molar refractivity (Wildman–Crippen MR) is 69.4 cm³/mol. The number of methoxy groups -OCH3 is 1. The van der Waals surface area contributed by atoms with Crippen LogP contribution in [0, 0.1) is 0 Å². The molecule has 1 N–H and O–H groups in total. The van der Waals surface area contributed by atoms with Crippen molar-refractivity contribution >= 4 is 11.9 Å². The van der Waals surface area contributed by atoms with Gasteiger partial charge < -0.3 is 10.1 Å². The lowest BCUT2D eigenvalue weighted by Gasteiger charge is -2.15. The van der Waals surface area contributed by atoms with Crippen LogP contribution >= 0.6 is 0 Å². The molecule has 0 bridgehead atoms. The zero-order chi connectivity index (χ0) is 13.5. The molecule has 18 heavy (non-hydrogen) atoms. The van der Waals surface area contributed by atoms with Gasteiger partial charge >= 0.3 is 5.97 Å². The minimum atomic E-state index is -0.590. The zero-order valence-corrected chi connectivity index (χ0v) is 11.0. The van der Waals surface area contributed by atoms with Gasteiger partial charge in [0, 0.05) is 5.56 Å². The van der Waals surface area contributed by atoms with Crippen molar-refractivity contribution in [2.24, 2.45) is 0 Å². The fourth-order valence-electron chi connectivity index (χ4n) is 1.76. The van der Waals surface area contributed by atoms with E-state index in [1.807, 2.05) is 32.0 Å². The third-order valence-corrected chi connectivity index (χ3v) is 2.84. The van der Waals surface area contributed by atoms with Crippen LogP contribution in [-0.4, -0.2) is 25.0 Å². The van der Waals surface area contributed by atoms with Gasteiger partial charge in [-0.25, -0.2) is 4.79 Å². The molecule has 0 radical (unpaired) electrons. The molecule has 0 saturated carbocycles. The van der Waals surface area contributed by atoms with E-state index < -0.39 is 12.0 Å². The van der Waals surface area contributed by atoms with Crippen molar-refractivity contribution in [3.63, 3.8) is 0 Å². The van der Waals surface area contributed by atoms with Crippen molar-refractivity contribution in [2.45, 2.75) is 32.7 Å². The Bertz CT molecular complexity index is 429. The normalized spacial score (nSPS) is 11.7. The Morgan fingerprint density at radius 1 is 1.28 bits per heavy atom. The van der Waals surface area contributed by atoms with Crippen LogP contribution in [0.2, 0.25) is 0 Å². The Morgan fingerprint density at radius 2 is 1.94 bits per heavy atom. The predicted octanol–water partition coefficient (Wildman–Crippen LogP) is 1.93. The van der Waals surface area contributed by atoms with Gasteiger partial charge in [-0.3, -0.25) is 4.79 Å². The van der Waals surface area contributed by atoms with Crippen molar-refractivity contribution in [3.05, 3.63) is 35.4 Å². The van der Waals surface area contributed by atoms with E-state index in [-0.39, 0.29) is 5.91 Å². The molecule has 0 aromatic heterocycles. The molecule has 1 unspecified atom stereocenters. The Morgan fingerprint density at radius 3 is 2.50 bits per heavy atom. The molecular formula is C14H19NO3. The minimum Gasteiger partial charge on any atom is -0.467 e. The molecule has 0 saturated heterocycles. The van der Waals surface area contributed by atoms with Gasteiger partial charge in [0.05, 0.1) is 7.11 Å². The summed E-state index contributed by atoms with van der Waals surface area (Å²) in [7, 11) is 1.32. The van der Waals surface area contributed by atoms with E-state index in [0.29, 0.717) is 12.0 Å². The first kappa shape index (κ1) is 14.2. The second-order valence-electron chi connectivity index (χ2n) is 3.97. The van der Waals surface area contributed by atoms with Crippen molar-refractivity contribution in [1.82, 2.24) is 5.32 Å². The highest BCUT2D eigenvalue weighted by molar-refractivity contribution is 5.98. The van der Waals surface area contributed by atoms with Gasteiger partial charge in [0.25, 0.3) is 5.91 Å². The van der Waals surface area contributed by atoms with Crippen LogP contribution in [0.15, 0.2) is 24.3 Å². The Balaban J connectivity index is 2.84. The lowest BCUT2D eigenvalue weighted by Crippen LogP contribution is -2.41. The number of esters is 1. The number of benzene rings is 1. The van der Waals surface area contributed by atoms with E-state index in [9.17, 15) is 9.59 Å². The number of nitrogens with one attached hydrogen (secondary N) is 1. The number of carbonyl (C=O) groups excluding carboxylic acids is 2. The Labute approximate surface area is 107 Å². The van der Waals surface area contributed by atoms with E-state index in [4.69, 9.17) is 0 Å². The molecular weight excluding hydrogens is 230 g/mol. The molecule has 98 valence electrons. The average molecular weight is 249 g/mol. The molecule has 0 fully saturated rings. The molecule has 1 rings (SSSR count). The van der Waals surface area contributed by atoms with Crippen LogP contribution in [0.3, 0.4) is 0 Å². The third kappa shape index (κ3) is 3.32. The average Bonchev–Trinajstić information content (AvgIpc) is 2.43. The molecule has 4 nitrogen and oxygen atoms in total. The highest BCUT2D eigenvalue weighted by Gasteiger charge is 2.20. The highest BCUT2D eigenvalue weighted by atomic mass is 16.5. The van der Waals surface area contributed by atoms with E-state index in [2.05, 4.69) is 10.1 Å². The molecule has 0 spiro atoms. The molecule has 1 atom stereocenters. The van der Waals surface area contributed by atoms with Gasteiger partial charge in [0.2, 0.25) is 0 Å². The Hall–Kier alpha value is -1.84. The zero-order valence-electron chi connectivity index (χ0n) is 11.0. The first-order valence-corrected chi connectivity index (χ1v) is 6.10. The van der Waals surface area contributed by atoms with Crippen LogP contribution in [0.1, 0.15) is 36.2 Å². The van der Waals surface area contributed by atoms with Crippen LogP contribution in [0.5, 0.6) is 0 Å². The fraction of sp³-hybridized carbons (Fsp3) is 0.429. The molecule has 4 heteroatoms. The molecule has 0 aliphatic rings. The van der Waals surface area contributed by atoms with E-state index in [1.54, 1.807) is 6.07 Å². The number of rotatable bonds is 5. The number of hydrogen-bond donors (Lipinski definition) is 1. The minimum absolute atomic E-state index is 0.232. The number of carbonyl (C=O) groups is 2. The van der Waals surface area contributed by atoms with Crippen molar-refractivity contribution < 1.29 is 14.3 Å². The van der Waals surface area contributed by atoms with E-state index in [1.165, 1.54) is 7.11 Å². The summed E-state index contributed by atoms with van der Waals surface area (Å²) in [5.41, 5.74) is 1.58. The smallest absolute Gasteiger partial charge is 0.328 e. The molecule has 0 aliphatic heterocycles. The highest BCUT2D eigenvalue weighted by Crippen LogP contribution is 2.10. The quantitative estimate of drug-likeness (QED) is 0.811. The topological polar surface area (TPSA) is 55.4 Å². The molecule has 1 aromatic rings. The van der Waals surface area contributed by atoms with Crippen LogP contribution in [-0.2, 0) is 16.0 Å². The van der Waals surface area contributed by atoms with Gasteiger partial charge in [-0.05, 0) is 24.5 Å². The summed E-state index contributed by atoms with van der Waals surface area (Å²) in [6.07, 6.45) is 1.28. The maximum absolute atomic E-state index is 12.1. The number of aryl methyl sites for hydroxylation is 1. The van der Waals surface area contributed by atoms with E-state index >= 15 is 0 Å². The lowest BCUT2D eigenvalue weighted by atomic mass is 10.0. The standard InChI is InChI=1S/C14H19NO3/c1-4-10-8-6-7-9-11(10)13(16)15-12(5-2)14(17)18-3/h6-9,12H,4-5H2,1-3H3,(H,15,16). The molecule has 1 aromatic carbocycles. The first-order chi connectivity index (χ1) is 8.63. The van der Waals surface area contributed by atoms with Gasteiger partial charge in [0.1, 0.15) is 6.04 Å². The number of hydrogen-bond acceptors (Lipinski definition) is 3. The molecule has 1 amide bonds. The molecule has 0 heterocycles. The summed E-state index contributed by atoms with van der Waals surface area (Å²) in [5.74, 6) is -0.649. The second kappa shape index (κ2) is 6.79. The van der Waals surface area contributed by atoms with Crippen molar-refractivity contribution in [2.75, 3.05) is 7.11 Å². The third-order valence-electron chi connectivity index (χ3n) is 2.84. The summed E-state index contributed by atoms with van der Waals surface area (Å²) in [4.78, 5) is 23.5.